The Morgan fingerprint density at radius 3 is 2.88 bits per heavy atom. The average molecular weight is 258 g/mol. The number of aromatic nitrogens is 4. The summed E-state index contributed by atoms with van der Waals surface area (Å²) in [5.74, 6) is 0. The fraction of sp³-hybridized carbons (Fsp3) is 0. The van der Waals surface area contributed by atoms with Crippen LogP contribution in [0.25, 0.3) is 0 Å². The Bertz CT molecular complexity index is 518. The minimum absolute atomic E-state index is 0.153. The third kappa shape index (κ3) is 2.12. The van der Waals surface area contributed by atoms with Gasteiger partial charge in [-0.3, -0.25) is 10.1 Å². The van der Waals surface area contributed by atoms with E-state index in [9.17, 15) is 10.1 Å². The average Bonchev–Trinajstić information content (AvgIpc) is 2.70. The second-order valence-electron chi connectivity index (χ2n) is 2.57. The number of halogens is 1. The Morgan fingerprint density at radius 1 is 1.44 bits per heavy atom. The minimum Gasteiger partial charge on any atom is -0.339 e. The summed E-state index contributed by atoms with van der Waals surface area (Å²) in [6.45, 7) is 0. The van der Waals surface area contributed by atoms with E-state index in [-0.39, 0.29) is 15.9 Å². The molecule has 82 valence electrons. The molecule has 2 heterocycles. The SMILES string of the molecule is O=[N+]([O-])c1c(Cl)ncnc1Sc1ncc[nH]1. The topological polar surface area (TPSA) is 97.6 Å². The molecule has 2 aromatic heterocycles. The van der Waals surface area contributed by atoms with Crippen molar-refractivity contribution < 1.29 is 4.92 Å². The number of rotatable bonds is 3. The molecule has 0 amide bonds. The predicted molar refractivity (Wildman–Crippen MR) is 56.4 cm³/mol. The van der Waals surface area contributed by atoms with Crippen LogP contribution < -0.4 is 0 Å². The van der Waals surface area contributed by atoms with Gasteiger partial charge in [-0.2, -0.15) is 0 Å². The van der Waals surface area contributed by atoms with Crippen LogP contribution in [-0.4, -0.2) is 24.9 Å². The lowest BCUT2D eigenvalue weighted by Gasteiger charge is -1.99. The summed E-state index contributed by atoms with van der Waals surface area (Å²) < 4.78 is 0. The van der Waals surface area contributed by atoms with Crippen molar-refractivity contribution in [1.29, 1.82) is 0 Å². The molecule has 0 atom stereocenters. The zero-order valence-electron chi connectivity index (χ0n) is 7.62. The van der Waals surface area contributed by atoms with Gasteiger partial charge >= 0.3 is 5.69 Å². The predicted octanol–water partition coefficient (Wildman–Crippen LogP) is 1.91. The molecule has 0 fully saturated rings. The Morgan fingerprint density at radius 2 is 2.25 bits per heavy atom. The molecule has 0 aliphatic heterocycles. The lowest BCUT2D eigenvalue weighted by molar-refractivity contribution is -0.388. The first-order valence-electron chi connectivity index (χ1n) is 4.00. The van der Waals surface area contributed by atoms with E-state index in [0.29, 0.717) is 5.16 Å². The van der Waals surface area contributed by atoms with Crippen LogP contribution in [0.1, 0.15) is 0 Å². The zero-order chi connectivity index (χ0) is 11.5. The first-order chi connectivity index (χ1) is 7.68. The lowest BCUT2D eigenvalue weighted by atomic mass is 10.5. The van der Waals surface area contributed by atoms with E-state index >= 15 is 0 Å². The molecule has 16 heavy (non-hydrogen) atoms. The van der Waals surface area contributed by atoms with E-state index < -0.39 is 4.92 Å². The summed E-state index contributed by atoms with van der Waals surface area (Å²) in [5, 5.41) is 11.2. The van der Waals surface area contributed by atoms with Gasteiger partial charge in [0.1, 0.15) is 6.33 Å². The highest BCUT2D eigenvalue weighted by molar-refractivity contribution is 7.99. The van der Waals surface area contributed by atoms with Crippen LogP contribution in [0, 0.1) is 10.1 Å². The summed E-state index contributed by atoms with van der Waals surface area (Å²) in [7, 11) is 0. The Labute approximate surface area is 98.4 Å². The van der Waals surface area contributed by atoms with Crippen LogP contribution in [0.15, 0.2) is 28.9 Å². The molecule has 0 unspecified atom stereocenters. The van der Waals surface area contributed by atoms with Gasteiger partial charge in [-0.15, -0.1) is 0 Å². The van der Waals surface area contributed by atoms with Gasteiger partial charge in [0.2, 0.25) is 5.15 Å². The molecular weight excluding hydrogens is 254 g/mol. The maximum atomic E-state index is 10.8. The molecule has 9 heteroatoms. The molecule has 0 saturated heterocycles. The maximum Gasteiger partial charge on any atom is 0.338 e. The highest BCUT2D eigenvalue weighted by Crippen LogP contribution is 2.34. The van der Waals surface area contributed by atoms with Crippen molar-refractivity contribution in [3.05, 3.63) is 34.0 Å². The summed E-state index contributed by atoms with van der Waals surface area (Å²) in [5.41, 5.74) is -0.314. The van der Waals surface area contributed by atoms with E-state index in [1.807, 2.05) is 0 Å². The van der Waals surface area contributed by atoms with Gasteiger partial charge in [0, 0.05) is 12.4 Å². The molecule has 2 aromatic rings. The monoisotopic (exact) mass is 257 g/mol. The van der Waals surface area contributed by atoms with Gasteiger partial charge in [-0.1, -0.05) is 11.6 Å². The third-order valence-electron chi connectivity index (χ3n) is 1.59. The van der Waals surface area contributed by atoms with E-state index in [1.54, 1.807) is 6.20 Å². The van der Waals surface area contributed by atoms with E-state index in [0.717, 1.165) is 11.8 Å². The molecule has 0 saturated carbocycles. The number of H-pyrrole nitrogens is 1. The highest BCUT2D eigenvalue weighted by Gasteiger charge is 2.22. The molecule has 0 aliphatic rings. The van der Waals surface area contributed by atoms with Gasteiger partial charge in [-0.05, 0) is 11.8 Å². The van der Waals surface area contributed by atoms with Crippen molar-refractivity contribution in [1.82, 2.24) is 19.9 Å². The number of nitrogens with zero attached hydrogens (tertiary/aromatic N) is 4. The molecule has 0 bridgehead atoms. The van der Waals surface area contributed by atoms with Gasteiger partial charge in [0.25, 0.3) is 0 Å². The molecule has 0 aliphatic carbocycles. The third-order valence-corrected chi connectivity index (χ3v) is 2.78. The van der Waals surface area contributed by atoms with Crippen molar-refractivity contribution in [2.45, 2.75) is 10.2 Å². The molecule has 1 N–H and O–H groups in total. The maximum absolute atomic E-state index is 10.8. The summed E-state index contributed by atoms with van der Waals surface area (Å²) in [4.78, 5) is 24.2. The van der Waals surface area contributed by atoms with E-state index in [1.165, 1.54) is 12.5 Å². The van der Waals surface area contributed by atoms with Crippen LogP contribution >= 0.6 is 23.4 Å². The van der Waals surface area contributed by atoms with Gasteiger partial charge < -0.3 is 4.98 Å². The van der Waals surface area contributed by atoms with Crippen LogP contribution in [0.4, 0.5) is 5.69 Å². The Balaban J connectivity index is 2.40. The quantitative estimate of drug-likeness (QED) is 0.512. The minimum atomic E-state index is -0.617. The summed E-state index contributed by atoms with van der Waals surface area (Å²) in [6, 6.07) is 0. The number of imidazole rings is 1. The van der Waals surface area contributed by atoms with Crippen LogP contribution in [0.3, 0.4) is 0 Å². The molecule has 2 rings (SSSR count). The number of aromatic amines is 1. The smallest absolute Gasteiger partial charge is 0.338 e. The summed E-state index contributed by atoms with van der Waals surface area (Å²) in [6.07, 6.45) is 4.31. The second-order valence-corrected chi connectivity index (χ2v) is 3.91. The Hall–Kier alpha value is -1.67. The lowest BCUT2D eigenvalue weighted by Crippen LogP contribution is -1.96. The standard InChI is InChI=1S/C7H4ClN5O2S/c8-5-4(13(14)15)6(12-3-11-5)16-7-9-1-2-10-7/h1-3H,(H,9,10). The molecule has 0 spiro atoms. The number of nitrogens with one attached hydrogen (secondary N) is 1. The van der Waals surface area contributed by atoms with Crippen LogP contribution in [0.5, 0.6) is 0 Å². The van der Waals surface area contributed by atoms with Crippen molar-refractivity contribution >= 4 is 29.1 Å². The van der Waals surface area contributed by atoms with E-state index in [2.05, 4.69) is 19.9 Å². The first kappa shape index (κ1) is 10.8. The number of hydrogen-bond donors (Lipinski definition) is 1. The molecule has 0 radical (unpaired) electrons. The highest BCUT2D eigenvalue weighted by atomic mass is 35.5. The summed E-state index contributed by atoms with van der Waals surface area (Å²) >= 11 is 6.65. The number of nitro groups is 1. The normalized spacial score (nSPS) is 10.3. The second kappa shape index (κ2) is 4.45. The molecule has 7 nitrogen and oxygen atoms in total. The van der Waals surface area contributed by atoms with Gasteiger partial charge in [-0.25, -0.2) is 15.0 Å². The van der Waals surface area contributed by atoms with Gasteiger partial charge in [0.15, 0.2) is 10.2 Å². The largest absolute Gasteiger partial charge is 0.339 e. The fourth-order valence-corrected chi connectivity index (χ4v) is 2.02. The van der Waals surface area contributed by atoms with E-state index in [4.69, 9.17) is 11.6 Å². The number of hydrogen-bond acceptors (Lipinski definition) is 6. The van der Waals surface area contributed by atoms with Crippen LogP contribution in [-0.2, 0) is 0 Å². The van der Waals surface area contributed by atoms with Crippen molar-refractivity contribution in [2.75, 3.05) is 0 Å². The Kier molecular flexibility index (Phi) is 3.02. The van der Waals surface area contributed by atoms with Crippen LogP contribution in [0.2, 0.25) is 5.15 Å². The molecule has 0 aromatic carbocycles. The fourth-order valence-electron chi connectivity index (χ4n) is 0.969. The van der Waals surface area contributed by atoms with Crippen molar-refractivity contribution in [3.63, 3.8) is 0 Å². The first-order valence-corrected chi connectivity index (χ1v) is 5.20. The molecular formula is C7H4ClN5O2S. The van der Waals surface area contributed by atoms with Crippen molar-refractivity contribution in [3.8, 4) is 0 Å². The zero-order valence-corrected chi connectivity index (χ0v) is 9.20. The van der Waals surface area contributed by atoms with Gasteiger partial charge in [0.05, 0.1) is 4.92 Å². The van der Waals surface area contributed by atoms with Crippen molar-refractivity contribution in [2.24, 2.45) is 0 Å².